The van der Waals surface area contributed by atoms with Crippen molar-refractivity contribution in [2.75, 3.05) is 54.5 Å². The highest BCUT2D eigenvalue weighted by molar-refractivity contribution is 5.82. The van der Waals surface area contributed by atoms with Crippen molar-refractivity contribution in [1.82, 2.24) is 29.9 Å². The second-order valence-electron chi connectivity index (χ2n) is 7.76. The van der Waals surface area contributed by atoms with Crippen LogP contribution in [0.4, 0.5) is 30.6 Å². The molecular weight excluding hydrogens is 427 g/mol. The first-order chi connectivity index (χ1) is 15.5. The number of halogens is 3. The van der Waals surface area contributed by atoms with E-state index in [-0.39, 0.29) is 17.5 Å². The van der Waals surface area contributed by atoms with Crippen LogP contribution >= 0.6 is 0 Å². The van der Waals surface area contributed by atoms with E-state index in [1.54, 1.807) is 6.33 Å². The minimum absolute atomic E-state index is 0.0200. The molecule has 0 aromatic carbocycles. The zero-order valence-electron chi connectivity index (χ0n) is 17.1. The molecule has 0 aliphatic carbocycles. The first-order valence-corrected chi connectivity index (χ1v) is 10.4. The third-order valence-electron chi connectivity index (χ3n) is 5.60. The number of nitrogens with one attached hydrogen (secondary N) is 2. The Labute approximate surface area is 181 Å². The van der Waals surface area contributed by atoms with Gasteiger partial charge in [0.25, 0.3) is 0 Å². The molecule has 32 heavy (non-hydrogen) atoms. The molecule has 2 N–H and O–H groups in total. The van der Waals surface area contributed by atoms with Gasteiger partial charge in [-0.05, 0) is 12.8 Å². The lowest BCUT2D eigenvalue weighted by Crippen LogP contribution is -2.43. The first-order valence-electron chi connectivity index (χ1n) is 10.4. The highest BCUT2D eigenvalue weighted by Crippen LogP contribution is 2.30. The topological polar surface area (TPSA) is 108 Å². The average molecular weight is 449 g/mol. The summed E-state index contributed by atoms with van der Waals surface area (Å²) in [6, 6.07) is 1.83. The van der Waals surface area contributed by atoms with Gasteiger partial charge in [-0.1, -0.05) is 0 Å². The summed E-state index contributed by atoms with van der Waals surface area (Å²) in [5, 5.41) is 3.17. The molecule has 0 bridgehead atoms. The number of ether oxygens (including phenoxy) is 1. The molecule has 1 atom stereocenters. The van der Waals surface area contributed by atoms with Crippen LogP contribution in [0.2, 0.25) is 0 Å². The average Bonchev–Trinajstić information content (AvgIpc) is 3.29. The van der Waals surface area contributed by atoms with E-state index in [0.717, 1.165) is 44.1 Å². The maximum absolute atomic E-state index is 13.2. The number of rotatable bonds is 4. The number of alkyl halides is 3. The van der Waals surface area contributed by atoms with Gasteiger partial charge >= 0.3 is 6.18 Å². The lowest BCUT2D eigenvalue weighted by atomic mass is 10.1. The van der Waals surface area contributed by atoms with E-state index in [9.17, 15) is 13.2 Å². The number of fused-ring (bicyclic) bond motifs is 1. The molecule has 0 spiro atoms. The summed E-state index contributed by atoms with van der Waals surface area (Å²) in [6.07, 6.45) is -0.146. The predicted octanol–water partition coefficient (Wildman–Crippen LogP) is 2.08. The third kappa shape index (κ3) is 4.24. The van der Waals surface area contributed by atoms with E-state index in [1.807, 2.05) is 6.07 Å². The number of aromatic nitrogens is 6. The summed E-state index contributed by atoms with van der Waals surface area (Å²) < 4.78 is 45.1. The molecule has 13 heteroatoms. The third-order valence-corrected chi connectivity index (χ3v) is 5.60. The molecule has 2 saturated heterocycles. The van der Waals surface area contributed by atoms with E-state index in [0.29, 0.717) is 25.3 Å². The van der Waals surface area contributed by atoms with Crippen LogP contribution in [0.5, 0.6) is 0 Å². The van der Waals surface area contributed by atoms with Gasteiger partial charge in [0, 0.05) is 38.3 Å². The number of H-pyrrole nitrogens is 1. The summed E-state index contributed by atoms with van der Waals surface area (Å²) >= 11 is 0. The van der Waals surface area contributed by atoms with Gasteiger partial charge < -0.3 is 24.8 Å². The monoisotopic (exact) mass is 449 g/mol. The molecule has 3 aromatic heterocycles. The minimum Gasteiger partial charge on any atom is -0.378 e. The van der Waals surface area contributed by atoms with E-state index in [1.165, 1.54) is 6.33 Å². The maximum atomic E-state index is 13.2. The molecule has 5 rings (SSSR count). The van der Waals surface area contributed by atoms with Gasteiger partial charge in [-0.3, -0.25) is 0 Å². The molecule has 0 amide bonds. The van der Waals surface area contributed by atoms with E-state index in [2.05, 4.69) is 45.0 Å². The van der Waals surface area contributed by atoms with Crippen molar-refractivity contribution in [2.24, 2.45) is 0 Å². The van der Waals surface area contributed by atoms with Crippen LogP contribution in [-0.2, 0) is 10.9 Å². The van der Waals surface area contributed by atoms with Crippen molar-refractivity contribution in [2.45, 2.75) is 25.1 Å². The molecular formula is C19H22F3N9O. The zero-order chi connectivity index (χ0) is 22.1. The lowest BCUT2D eigenvalue weighted by molar-refractivity contribution is -0.144. The highest BCUT2D eigenvalue weighted by Gasteiger charge is 2.36. The molecule has 5 heterocycles. The van der Waals surface area contributed by atoms with Crippen molar-refractivity contribution < 1.29 is 17.9 Å². The number of morpholine rings is 1. The van der Waals surface area contributed by atoms with Crippen molar-refractivity contribution in [3.05, 3.63) is 24.5 Å². The smallest absolute Gasteiger partial charge is 0.378 e. The van der Waals surface area contributed by atoms with E-state index in [4.69, 9.17) is 4.74 Å². The second kappa shape index (κ2) is 8.37. The number of aromatic amines is 1. The molecule has 10 nitrogen and oxygen atoms in total. The van der Waals surface area contributed by atoms with Gasteiger partial charge in [0.15, 0.2) is 11.5 Å². The quantitative estimate of drug-likeness (QED) is 0.619. The molecule has 3 aromatic rings. The Hall–Kier alpha value is -3.22. The van der Waals surface area contributed by atoms with Crippen LogP contribution in [0.3, 0.4) is 0 Å². The number of piperidine rings is 1. The van der Waals surface area contributed by atoms with Crippen molar-refractivity contribution in [1.29, 1.82) is 0 Å². The fourth-order valence-corrected chi connectivity index (χ4v) is 4.04. The van der Waals surface area contributed by atoms with E-state index >= 15 is 0 Å². The molecule has 2 aliphatic rings. The van der Waals surface area contributed by atoms with Gasteiger partial charge in [-0.25, -0.2) is 24.9 Å². The zero-order valence-corrected chi connectivity index (χ0v) is 17.1. The maximum Gasteiger partial charge on any atom is 0.451 e. The van der Waals surface area contributed by atoms with Crippen LogP contribution in [0.1, 0.15) is 18.7 Å². The van der Waals surface area contributed by atoms with Crippen LogP contribution < -0.4 is 15.1 Å². The fraction of sp³-hybridized carbons (Fsp3) is 0.526. The Kier molecular flexibility index (Phi) is 5.41. The Morgan fingerprint density at radius 2 is 1.81 bits per heavy atom. The molecule has 0 saturated carbocycles. The van der Waals surface area contributed by atoms with Gasteiger partial charge in [0.1, 0.15) is 23.5 Å². The molecule has 2 aliphatic heterocycles. The normalized spacial score (nSPS) is 20.0. The van der Waals surface area contributed by atoms with Crippen LogP contribution in [0.25, 0.3) is 11.2 Å². The van der Waals surface area contributed by atoms with Crippen LogP contribution in [0.15, 0.2) is 18.7 Å². The molecule has 1 unspecified atom stereocenters. The summed E-state index contributed by atoms with van der Waals surface area (Å²) in [5.74, 6) is 0.526. The standard InChI is InChI=1S/C19H22F3N9O/c20-19(21,22)18-28-16-15(25-11-26-16)17(29-18)27-12-2-1-3-31(9-12)14-8-13(23-10-24-14)30-4-6-32-7-5-30/h8,10-12H,1-7,9H2,(H2,25,26,27,28,29). The number of hydrogen-bond acceptors (Lipinski definition) is 9. The summed E-state index contributed by atoms with van der Waals surface area (Å²) in [5.41, 5.74) is 0.334. The number of nitrogens with zero attached hydrogens (tertiary/aromatic N) is 7. The van der Waals surface area contributed by atoms with Gasteiger partial charge in [0.05, 0.1) is 19.5 Å². The lowest BCUT2D eigenvalue weighted by Gasteiger charge is -2.35. The minimum atomic E-state index is -4.65. The van der Waals surface area contributed by atoms with Crippen molar-refractivity contribution in [3.63, 3.8) is 0 Å². The fourth-order valence-electron chi connectivity index (χ4n) is 4.04. The summed E-state index contributed by atoms with van der Waals surface area (Å²) in [7, 11) is 0. The Bertz CT molecular complexity index is 1080. The summed E-state index contributed by atoms with van der Waals surface area (Å²) in [6.45, 7) is 4.24. The van der Waals surface area contributed by atoms with Crippen molar-refractivity contribution in [3.8, 4) is 0 Å². The predicted molar refractivity (Wildman–Crippen MR) is 111 cm³/mol. The Balaban J connectivity index is 1.35. The van der Waals surface area contributed by atoms with Gasteiger partial charge in [-0.2, -0.15) is 13.2 Å². The highest BCUT2D eigenvalue weighted by atomic mass is 19.4. The number of anilines is 3. The second-order valence-corrected chi connectivity index (χ2v) is 7.76. The summed E-state index contributed by atoms with van der Waals surface area (Å²) in [4.78, 5) is 27.0. The molecule has 2 fully saturated rings. The van der Waals surface area contributed by atoms with Gasteiger partial charge in [-0.15, -0.1) is 0 Å². The van der Waals surface area contributed by atoms with Gasteiger partial charge in [0.2, 0.25) is 5.82 Å². The SMILES string of the molecule is FC(F)(F)c1nc(NC2CCCN(c3cc(N4CCOCC4)ncn3)C2)c2[nH]cnc2n1. The van der Waals surface area contributed by atoms with Crippen molar-refractivity contribution >= 4 is 28.6 Å². The molecule has 0 radical (unpaired) electrons. The largest absolute Gasteiger partial charge is 0.451 e. The van der Waals surface area contributed by atoms with E-state index < -0.39 is 12.0 Å². The number of imidazole rings is 1. The Morgan fingerprint density at radius 1 is 1.03 bits per heavy atom. The van der Waals surface area contributed by atoms with Crippen LogP contribution in [-0.4, -0.2) is 75.3 Å². The number of hydrogen-bond donors (Lipinski definition) is 2. The Morgan fingerprint density at radius 3 is 2.59 bits per heavy atom. The van der Waals surface area contributed by atoms with Crippen LogP contribution in [0, 0.1) is 0 Å². The molecule has 170 valence electrons. The first kappa shape index (κ1) is 20.7.